The quantitative estimate of drug-likeness (QED) is 0.583. The Bertz CT molecular complexity index is 796. The van der Waals surface area contributed by atoms with Gasteiger partial charge >= 0.3 is 0 Å². The van der Waals surface area contributed by atoms with Crippen LogP contribution in [0.3, 0.4) is 0 Å². The predicted molar refractivity (Wildman–Crippen MR) is 106 cm³/mol. The highest BCUT2D eigenvalue weighted by atomic mass is 16.5. The molecule has 1 aromatic rings. The van der Waals surface area contributed by atoms with Crippen LogP contribution in [-0.4, -0.2) is 23.8 Å². The number of benzene rings is 1. The Balaban J connectivity index is 1.63. The zero-order valence-corrected chi connectivity index (χ0v) is 17.0. The SMILES string of the molecule is Cc1cc(C)c(C2C(=O)[C@@H]3[C@@H]4O[C@@H](C[C@H]4C=CCC(C)C)[C@@H]3C2=O)c(C)c1. The summed E-state index contributed by atoms with van der Waals surface area (Å²) in [5.41, 5.74) is 4.23. The van der Waals surface area contributed by atoms with Crippen LogP contribution in [0.25, 0.3) is 0 Å². The molecule has 0 radical (unpaired) electrons. The standard InChI is InChI=1S/C24H30O3/c1-12(2)7-6-8-16-11-17-19-21(24(16)27-17)23(26)20(22(19)25)18-14(4)9-13(3)10-15(18)5/h6,8-10,12,16-17,19-21,24H,7,11H2,1-5H3/t16-,17+,19+,20?,21-,24-/m1/s1. The maximum Gasteiger partial charge on any atom is 0.154 e. The number of rotatable bonds is 4. The van der Waals surface area contributed by atoms with E-state index in [9.17, 15) is 9.59 Å². The molecule has 2 saturated heterocycles. The van der Waals surface area contributed by atoms with Crippen LogP contribution in [0.5, 0.6) is 0 Å². The van der Waals surface area contributed by atoms with E-state index in [4.69, 9.17) is 4.74 Å². The molecular weight excluding hydrogens is 336 g/mol. The van der Waals surface area contributed by atoms with Crippen molar-refractivity contribution in [1.82, 2.24) is 0 Å². The van der Waals surface area contributed by atoms with Gasteiger partial charge in [0.25, 0.3) is 0 Å². The third-order valence-corrected chi connectivity index (χ3v) is 6.64. The van der Waals surface area contributed by atoms with Crippen LogP contribution in [0.2, 0.25) is 0 Å². The third-order valence-electron chi connectivity index (χ3n) is 6.64. The first-order valence-electron chi connectivity index (χ1n) is 10.3. The summed E-state index contributed by atoms with van der Waals surface area (Å²) in [5.74, 6) is 0.00255. The lowest BCUT2D eigenvalue weighted by molar-refractivity contribution is -0.127. The molecule has 0 amide bonds. The number of hydrogen-bond donors (Lipinski definition) is 0. The fourth-order valence-corrected chi connectivity index (χ4v) is 5.65. The van der Waals surface area contributed by atoms with Crippen molar-refractivity contribution in [3.8, 4) is 0 Å². The summed E-state index contributed by atoms with van der Waals surface area (Å²) < 4.78 is 6.12. The molecule has 0 spiro atoms. The van der Waals surface area contributed by atoms with Gasteiger partial charge in [0.15, 0.2) is 11.6 Å². The topological polar surface area (TPSA) is 43.4 Å². The van der Waals surface area contributed by atoms with Gasteiger partial charge in [-0.25, -0.2) is 0 Å². The molecule has 3 aliphatic rings. The van der Waals surface area contributed by atoms with Crippen LogP contribution in [0, 0.1) is 44.4 Å². The second-order valence-corrected chi connectivity index (χ2v) is 9.20. The van der Waals surface area contributed by atoms with Crippen molar-refractivity contribution < 1.29 is 14.3 Å². The van der Waals surface area contributed by atoms with Gasteiger partial charge in [0.2, 0.25) is 0 Å². The summed E-state index contributed by atoms with van der Waals surface area (Å²) in [4.78, 5) is 26.6. The number of aryl methyl sites for hydroxylation is 3. The molecule has 3 fully saturated rings. The molecule has 1 unspecified atom stereocenters. The van der Waals surface area contributed by atoms with Crippen LogP contribution in [0.1, 0.15) is 54.9 Å². The van der Waals surface area contributed by atoms with E-state index < -0.39 is 5.92 Å². The fraction of sp³-hybridized carbons (Fsp3) is 0.583. The minimum atomic E-state index is -0.590. The molecule has 1 aliphatic carbocycles. The molecule has 3 heteroatoms. The molecule has 4 rings (SSSR count). The van der Waals surface area contributed by atoms with E-state index in [1.54, 1.807) is 0 Å². The first-order valence-corrected chi connectivity index (χ1v) is 10.3. The van der Waals surface area contributed by atoms with Gasteiger partial charge < -0.3 is 4.74 Å². The predicted octanol–water partition coefficient (Wildman–Crippen LogP) is 4.47. The zero-order valence-electron chi connectivity index (χ0n) is 17.0. The van der Waals surface area contributed by atoms with Gasteiger partial charge in [-0.05, 0) is 56.2 Å². The monoisotopic (exact) mass is 366 g/mol. The smallest absolute Gasteiger partial charge is 0.154 e. The summed E-state index contributed by atoms with van der Waals surface area (Å²) in [7, 11) is 0. The van der Waals surface area contributed by atoms with Crippen molar-refractivity contribution in [1.29, 1.82) is 0 Å². The van der Waals surface area contributed by atoms with E-state index in [-0.39, 0.29) is 41.5 Å². The van der Waals surface area contributed by atoms with Crippen molar-refractivity contribution >= 4 is 11.6 Å². The van der Waals surface area contributed by atoms with Gasteiger partial charge in [0.05, 0.1) is 24.0 Å². The number of fused-ring (bicyclic) bond motifs is 5. The van der Waals surface area contributed by atoms with E-state index in [1.165, 1.54) is 5.56 Å². The second-order valence-electron chi connectivity index (χ2n) is 9.20. The molecule has 144 valence electrons. The molecule has 27 heavy (non-hydrogen) atoms. The highest BCUT2D eigenvalue weighted by Crippen LogP contribution is 2.55. The lowest BCUT2D eigenvalue weighted by Crippen LogP contribution is -2.34. The minimum Gasteiger partial charge on any atom is -0.373 e. The minimum absolute atomic E-state index is 0.0822. The third kappa shape index (κ3) is 2.91. The molecule has 1 aromatic carbocycles. The Hall–Kier alpha value is -1.74. The fourth-order valence-electron chi connectivity index (χ4n) is 5.65. The lowest BCUT2D eigenvalue weighted by Gasteiger charge is -2.24. The highest BCUT2D eigenvalue weighted by molar-refractivity contribution is 6.17. The van der Waals surface area contributed by atoms with Crippen LogP contribution < -0.4 is 0 Å². The molecule has 6 atom stereocenters. The first kappa shape index (κ1) is 18.6. The van der Waals surface area contributed by atoms with Crippen molar-refractivity contribution in [2.75, 3.05) is 0 Å². The van der Waals surface area contributed by atoms with Crippen LogP contribution in [-0.2, 0) is 14.3 Å². The number of carbonyl (C=O) groups excluding carboxylic acids is 2. The van der Waals surface area contributed by atoms with E-state index in [0.717, 1.165) is 29.5 Å². The summed E-state index contributed by atoms with van der Waals surface area (Å²) in [6, 6.07) is 4.17. The number of allylic oxidation sites excluding steroid dienone is 1. The number of ether oxygens (including phenoxy) is 1. The molecule has 2 aliphatic heterocycles. The van der Waals surface area contributed by atoms with E-state index in [0.29, 0.717) is 5.92 Å². The molecule has 1 saturated carbocycles. The molecule has 2 heterocycles. The Morgan fingerprint density at radius 3 is 2.33 bits per heavy atom. The molecule has 2 bridgehead atoms. The van der Waals surface area contributed by atoms with Gasteiger partial charge in [-0.15, -0.1) is 0 Å². The molecule has 0 aromatic heterocycles. The van der Waals surface area contributed by atoms with Crippen molar-refractivity contribution in [3.05, 3.63) is 46.5 Å². The van der Waals surface area contributed by atoms with Gasteiger partial charge in [0, 0.05) is 5.92 Å². The average molecular weight is 367 g/mol. The lowest BCUT2D eigenvalue weighted by atomic mass is 9.75. The van der Waals surface area contributed by atoms with Crippen LogP contribution in [0.15, 0.2) is 24.3 Å². The van der Waals surface area contributed by atoms with Crippen LogP contribution in [0.4, 0.5) is 0 Å². The maximum atomic E-state index is 13.4. The Labute approximate surface area is 162 Å². The summed E-state index contributed by atoms with van der Waals surface area (Å²) >= 11 is 0. The molecular formula is C24H30O3. The normalized spacial score (nSPS) is 35.0. The van der Waals surface area contributed by atoms with Crippen molar-refractivity contribution in [3.63, 3.8) is 0 Å². The summed E-state index contributed by atoms with van der Waals surface area (Å²) in [6.45, 7) is 10.5. The Morgan fingerprint density at radius 1 is 1.07 bits per heavy atom. The van der Waals surface area contributed by atoms with E-state index in [2.05, 4.69) is 45.1 Å². The van der Waals surface area contributed by atoms with Gasteiger partial charge in [-0.1, -0.05) is 43.7 Å². The van der Waals surface area contributed by atoms with Crippen molar-refractivity contribution in [2.24, 2.45) is 23.7 Å². The molecule has 0 N–H and O–H groups in total. The summed E-state index contributed by atoms with van der Waals surface area (Å²) in [6.07, 6.45) is 6.17. The number of ketones is 2. The zero-order chi connectivity index (χ0) is 19.5. The van der Waals surface area contributed by atoms with E-state index in [1.807, 2.05) is 13.8 Å². The average Bonchev–Trinajstić information content (AvgIpc) is 3.20. The molecule has 3 nitrogen and oxygen atoms in total. The van der Waals surface area contributed by atoms with Crippen LogP contribution >= 0.6 is 0 Å². The first-order chi connectivity index (χ1) is 12.8. The number of hydrogen-bond acceptors (Lipinski definition) is 3. The maximum absolute atomic E-state index is 13.4. The van der Waals surface area contributed by atoms with Gasteiger partial charge in [0.1, 0.15) is 5.92 Å². The summed E-state index contributed by atoms with van der Waals surface area (Å²) in [5, 5.41) is 0. The van der Waals surface area contributed by atoms with E-state index >= 15 is 0 Å². The van der Waals surface area contributed by atoms with Gasteiger partial charge in [-0.3, -0.25) is 9.59 Å². The Morgan fingerprint density at radius 2 is 1.70 bits per heavy atom. The highest BCUT2D eigenvalue weighted by Gasteiger charge is 2.65. The largest absolute Gasteiger partial charge is 0.373 e. The number of Topliss-reactive ketones (excluding diaryl/α,β-unsaturated/α-hetero) is 2. The Kier molecular flexibility index (Phi) is 4.62. The van der Waals surface area contributed by atoms with Gasteiger partial charge in [-0.2, -0.15) is 0 Å². The second kappa shape index (κ2) is 6.70. The van der Waals surface area contributed by atoms with Crippen molar-refractivity contribution in [2.45, 2.75) is 65.6 Å². The number of carbonyl (C=O) groups is 2.